The second kappa shape index (κ2) is 11.4. The number of anilines is 1. The number of benzene rings is 1. The normalized spacial score (nSPS) is 17.2. The van der Waals surface area contributed by atoms with Crippen LogP contribution in [0.3, 0.4) is 0 Å². The van der Waals surface area contributed by atoms with E-state index in [0.717, 1.165) is 36.7 Å². The molecule has 10 heteroatoms. The Morgan fingerprint density at radius 1 is 1.03 bits per heavy atom. The zero-order valence-corrected chi connectivity index (χ0v) is 22.7. The van der Waals surface area contributed by atoms with Crippen molar-refractivity contribution in [2.75, 3.05) is 5.32 Å². The first-order valence-corrected chi connectivity index (χ1v) is 13.6. The van der Waals surface area contributed by atoms with E-state index in [-0.39, 0.29) is 23.5 Å². The van der Waals surface area contributed by atoms with Gasteiger partial charge in [-0.2, -0.15) is 0 Å². The predicted octanol–water partition coefficient (Wildman–Crippen LogP) is 4.88. The lowest BCUT2D eigenvalue weighted by Gasteiger charge is -2.29. The Labute approximate surface area is 231 Å². The molecular formula is C29H31ClN6O3. The number of pyridine rings is 2. The van der Waals surface area contributed by atoms with E-state index in [1.54, 1.807) is 42.8 Å². The second-order valence-electron chi connectivity index (χ2n) is 10.00. The molecule has 0 spiro atoms. The van der Waals surface area contributed by atoms with Crippen LogP contribution in [0.5, 0.6) is 0 Å². The van der Waals surface area contributed by atoms with E-state index < -0.39 is 0 Å². The number of nitrogens with one attached hydrogen (secondary N) is 2. The van der Waals surface area contributed by atoms with Gasteiger partial charge in [-0.05, 0) is 68.9 Å². The summed E-state index contributed by atoms with van der Waals surface area (Å²) in [7, 11) is 0. The Hall–Kier alpha value is -3.98. The van der Waals surface area contributed by atoms with Crippen LogP contribution in [0, 0.1) is 12.8 Å². The molecule has 1 saturated carbocycles. The first kappa shape index (κ1) is 26.6. The predicted molar refractivity (Wildman–Crippen MR) is 151 cm³/mol. The van der Waals surface area contributed by atoms with E-state index in [9.17, 15) is 14.4 Å². The van der Waals surface area contributed by atoms with E-state index >= 15 is 0 Å². The fraction of sp³-hybridized carbons (Fsp3) is 0.345. The highest BCUT2D eigenvalue weighted by Crippen LogP contribution is 2.28. The van der Waals surface area contributed by atoms with Crippen LogP contribution in [0.25, 0.3) is 16.7 Å². The Morgan fingerprint density at radius 3 is 2.46 bits per heavy atom. The molecule has 202 valence electrons. The molecule has 2 N–H and O–H groups in total. The van der Waals surface area contributed by atoms with Crippen LogP contribution in [0.4, 0.5) is 5.82 Å². The number of aryl methyl sites for hydroxylation is 1. The van der Waals surface area contributed by atoms with Gasteiger partial charge in [0.15, 0.2) is 0 Å². The molecule has 1 aromatic carbocycles. The van der Waals surface area contributed by atoms with Crippen molar-refractivity contribution >= 4 is 40.3 Å². The molecule has 0 aliphatic heterocycles. The Morgan fingerprint density at radius 2 is 1.77 bits per heavy atom. The monoisotopic (exact) mass is 546 g/mol. The molecule has 0 saturated heterocycles. The third-order valence-corrected chi connectivity index (χ3v) is 7.56. The van der Waals surface area contributed by atoms with Gasteiger partial charge in [-0.15, -0.1) is 0 Å². The maximum absolute atomic E-state index is 13.7. The van der Waals surface area contributed by atoms with E-state index in [1.807, 2.05) is 28.8 Å². The first-order chi connectivity index (χ1) is 18.8. The van der Waals surface area contributed by atoms with E-state index in [4.69, 9.17) is 11.6 Å². The summed E-state index contributed by atoms with van der Waals surface area (Å²) in [5.41, 5.74) is 3.34. The number of nitrogens with zero attached hydrogens (tertiary/aromatic N) is 4. The molecule has 9 nitrogen and oxygen atoms in total. The minimum absolute atomic E-state index is 0.0722. The Bertz CT molecular complexity index is 1570. The smallest absolute Gasteiger partial charge is 0.333 e. The molecule has 0 bridgehead atoms. The highest BCUT2D eigenvalue weighted by atomic mass is 35.5. The van der Waals surface area contributed by atoms with Crippen LogP contribution in [0.1, 0.15) is 55.1 Å². The third-order valence-electron chi connectivity index (χ3n) is 7.35. The standard InChI is InChI=1S/C29H31ClN6O3/c1-3-27(37)34-26-13-12-22(16-32-26)36-25-7-5-4-6-24(25)35(29(36)39)17-19-8-10-21(11-9-19)33-28(38)23-14-20(30)15-31-18(23)2/h4-7,12-16,19,21H,3,8-11,17H2,1-2H3,(H,33,38)(H,32,34,37)/t19-,21-. The van der Waals surface area contributed by atoms with Gasteiger partial charge in [0.1, 0.15) is 5.82 Å². The fourth-order valence-electron chi connectivity index (χ4n) is 5.21. The van der Waals surface area contributed by atoms with E-state index in [2.05, 4.69) is 20.6 Å². The zero-order valence-electron chi connectivity index (χ0n) is 22.0. The third kappa shape index (κ3) is 5.73. The summed E-state index contributed by atoms with van der Waals surface area (Å²) in [4.78, 5) is 46.6. The number of imidazole rings is 1. The Balaban J connectivity index is 1.29. The van der Waals surface area contributed by atoms with Crippen molar-refractivity contribution in [3.63, 3.8) is 0 Å². The maximum atomic E-state index is 13.7. The number of carbonyl (C=O) groups excluding carboxylic acids is 2. The van der Waals surface area contributed by atoms with Crippen LogP contribution < -0.4 is 16.3 Å². The number of hydrogen-bond donors (Lipinski definition) is 2. The summed E-state index contributed by atoms with van der Waals surface area (Å²) >= 11 is 6.03. The summed E-state index contributed by atoms with van der Waals surface area (Å²) in [6, 6.07) is 13.0. The summed E-state index contributed by atoms with van der Waals surface area (Å²) in [6.07, 6.45) is 6.99. The average molecular weight is 547 g/mol. The fourth-order valence-corrected chi connectivity index (χ4v) is 5.36. The minimum Gasteiger partial charge on any atom is -0.349 e. The summed E-state index contributed by atoms with van der Waals surface area (Å²) in [6.45, 7) is 4.17. The van der Waals surface area contributed by atoms with Crippen LogP contribution in [-0.2, 0) is 11.3 Å². The number of hydrogen-bond acceptors (Lipinski definition) is 5. The molecule has 5 rings (SSSR count). The molecule has 1 fully saturated rings. The van der Waals surface area contributed by atoms with Gasteiger partial charge in [-0.25, -0.2) is 9.78 Å². The molecule has 0 unspecified atom stereocenters. The minimum atomic E-state index is -0.154. The highest BCUT2D eigenvalue weighted by molar-refractivity contribution is 6.30. The number of rotatable bonds is 7. The van der Waals surface area contributed by atoms with Crippen molar-refractivity contribution in [1.29, 1.82) is 0 Å². The van der Waals surface area contributed by atoms with Crippen LogP contribution in [0.2, 0.25) is 5.02 Å². The largest absolute Gasteiger partial charge is 0.349 e. The number of para-hydroxylation sites is 2. The van der Waals surface area contributed by atoms with Crippen LogP contribution in [-0.4, -0.2) is 37.0 Å². The van der Waals surface area contributed by atoms with Crippen LogP contribution >= 0.6 is 11.6 Å². The number of amides is 2. The van der Waals surface area contributed by atoms with Gasteiger partial charge in [-0.1, -0.05) is 30.7 Å². The van der Waals surface area contributed by atoms with Crippen LogP contribution in [0.15, 0.2) is 59.7 Å². The maximum Gasteiger partial charge on any atom is 0.333 e. The van der Waals surface area contributed by atoms with Gasteiger partial charge in [0.2, 0.25) is 5.91 Å². The van der Waals surface area contributed by atoms with Crippen molar-refractivity contribution in [2.45, 2.75) is 58.5 Å². The van der Waals surface area contributed by atoms with Gasteiger partial charge < -0.3 is 10.6 Å². The Kier molecular flexibility index (Phi) is 7.79. The van der Waals surface area contributed by atoms with Crippen molar-refractivity contribution in [2.24, 2.45) is 5.92 Å². The molecule has 1 aliphatic carbocycles. The molecule has 4 aromatic rings. The molecular weight excluding hydrogens is 516 g/mol. The van der Waals surface area contributed by atoms with E-state index in [0.29, 0.717) is 46.7 Å². The number of fused-ring (bicyclic) bond motifs is 1. The van der Waals surface area contributed by atoms with Crippen molar-refractivity contribution < 1.29 is 9.59 Å². The lowest BCUT2D eigenvalue weighted by Crippen LogP contribution is -2.39. The molecule has 3 heterocycles. The summed E-state index contributed by atoms with van der Waals surface area (Å²) < 4.78 is 3.51. The highest BCUT2D eigenvalue weighted by Gasteiger charge is 2.25. The SMILES string of the molecule is CCC(=O)Nc1ccc(-n2c(=O)n(C[C@H]3CC[C@H](NC(=O)c4cc(Cl)cnc4C)CC3)c3ccccc32)cn1. The average Bonchev–Trinajstić information content (AvgIpc) is 3.22. The molecule has 39 heavy (non-hydrogen) atoms. The van der Waals surface area contributed by atoms with Crippen molar-refractivity contribution in [1.82, 2.24) is 24.4 Å². The van der Waals surface area contributed by atoms with E-state index in [1.165, 1.54) is 6.20 Å². The second-order valence-corrected chi connectivity index (χ2v) is 10.4. The summed E-state index contributed by atoms with van der Waals surface area (Å²) in [5, 5.41) is 6.30. The quantitative estimate of drug-likeness (QED) is 0.343. The van der Waals surface area contributed by atoms with Crippen molar-refractivity contribution in [3.8, 4) is 5.69 Å². The number of aromatic nitrogens is 4. The molecule has 1 aliphatic rings. The lowest BCUT2D eigenvalue weighted by molar-refractivity contribution is -0.115. The number of halogens is 1. The molecule has 2 amide bonds. The van der Waals surface area contributed by atoms with Gasteiger partial charge in [0.25, 0.3) is 5.91 Å². The number of carbonyl (C=O) groups is 2. The molecule has 0 atom stereocenters. The van der Waals surface area contributed by atoms with Crippen molar-refractivity contribution in [3.05, 3.63) is 81.6 Å². The van der Waals surface area contributed by atoms with Gasteiger partial charge in [0.05, 0.1) is 39.2 Å². The topological polar surface area (TPSA) is 111 Å². The zero-order chi connectivity index (χ0) is 27.5. The molecule has 3 aromatic heterocycles. The van der Waals surface area contributed by atoms with Gasteiger partial charge in [0, 0.05) is 25.2 Å². The first-order valence-electron chi connectivity index (χ1n) is 13.2. The molecule has 0 radical (unpaired) electrons. The van der Waals surface area contributed by atoms with Gasteiger partial charge >= 0.3 is 5.69 Å². The summed E-state index contributed by atoms with van der Waals surface area (Å²) in [5.74, 6) is 0.497. The lowest BCUT2D eigenvalue weighted by atomic mass is 9.85. The van der Waals surface area contributed by atoms with Gasteiger partial charge in [-0.3, -0.25) is 23.7 Å².